The minimum Gasteiger partial charge on any atom is -0.382 e. The van der Waals surface area contributed by atoms with E-state index in [1.165, 1.54) is 12.1 Å². The summed E-state index contributed by atoms with van der Waals surface area (Å²) in [5.41, 5.74) is 0.448. The zero-order chi connectivity index (χ0) is 17.5. The first-order valence-electron chi connectivity index (χ1n) is 8.00. The van der Waals surface area contributed by atoms with Crippen molar-refractivity contribution in [1.82, 2.24) is 0 Å². The predicted octanol–water partition coefficient (Wildman–Crippen LogP) is 2.48. The molecule has 1 fully saturated rings. The van der Waals surface area contributed by atoms with Crippen LogP contribution in [0.4, 0.5) is 17.1 Å². The molecule has 8 heteroatoms. The number of amides is 2. The standard InChI is InChI=1S/C16H21N3O5/c1-2-24-10-4-9-17-13-8-7-12(11-14(13)19(22)23)18-15(20)5-3-6-16(18)21/h7-8,11,17H,2-6,9-10H2,1H3. The molecule has 1 N–H and O–H groups in total. The minimum absolute atomic E-state index is 0.157. The van der Waals surface area contributed by atoms with Crippen molar-refractivity contribution in [3.63, 3.8) is 0 Å². The summed E-state index contributed by atoms with van der Waals surface area (Å²) in [7, 11) is 0. The van der Waals surface area contributed by atoms with E-state index in [0.717, 1.165) is 11.3 Å². The van der Waals surface area contributed by atoms with E-state index in [-0.39, 0.29) is 36.0 Å². The Labute approximate surface area is 139 Å². The van der Waals surface area contributed by atoms with E-state index in [2.05, 4.69) is 5.32 Å². The quantitative estimate of drug-likeness (QED) is 0.339. The van der Waals surface area contributed by atoms with Crippen LogP contribution in [0.1, 0.15) is 32.6 Å². The molecule has 24 heavy (non-hydrogen) atoms. The molecule has 0 aliphatic carbocycles. The molecule has 1 saturated heterocycles. The summed E-state index contributed by atoms with van der Waals surface area (Å²) in [6.45, 7) is 3.64. The van der Waals surface area contributed by atoms with Gasteiger partial charge in [-0.2, -0.15) is 0 Å². The summed E-state index contributed by atoms with van der Waals surface area (Å²) >= 11 is 0. The van der Waals surface area contributed by atoms with Crippen LogP contribution in [0.3, 0.4) is 0 Å². The molecule has 130 valence electrons. The van der Waals surface area contributed by atoms with Crippen LogP contribution in [0.15, 0.2) is 18.2 Å². The molecule has 2 amide bonds. The van der Waals surface area contributed by atoms with Crippen molar-refractivity contribution in [1.29, 1.82) is 0 Å². The van der Waals surface area contributed by atoms with Crippen LogP contribution < -0.4 is 10.2 Å². The number of nitro groups is 1. The number of nitrogens with zero attached hydrogens (tertiary/aromatic N) is 2. The number of carbonyl (C=O) groups excluding carboxylic acids is 2. The van der Waals surface area contributed by atoms with Crippen molar-refractivity contribution in [3.8, 4) is 0 Å². The topological polar surface area (TPSA) is 102 Å². The van der Waals surface area contributed by atoms with Gasteiger partial charge in [0.2, 0.25) is 11.8 Å². The third kappa shape index (κ3) is 4.29. The minimum atomic E-state index is -0.521. The molecule has 0 saturated carbocycles. The number of anilines is 2. The van der Waals surface area contributed by atoms with E-state index in [9.17, 15) is 19.7 Å². The Morgan fingerprint density at radius 2 is 2.00 bits per heavy atom. The number of benzene rings is 1. The Morgan fingerprint density at radius 1 is 1.29 bits per heavy atom. The zero-order valence-electron chi connectivity index (χ0n) is 13.6. The van der Waals surface area contributed by atoms with Gasteiger partial charge in [-0.1, -0.05) is 0 Å². The lowest BCUT2D eigenvalue weighted by molar-refractivity contribution is -0.383. The molecular formula is C16H21N3O5. The predicted molar refractivity (Wildman–Crippen MR) is 89.0 cm³/mol. The van der Waals surface area contributed by atoms with Crippen LogP contribution >= 0.6 is 0 Å². The van der Waals surface area contributed by atoms with Gasteiger partial charge in [0.05, 0.1) is 10.6 Å². The number of piperidine rings is 1. The molecule has 1 aliphatic rings. The molecule has 0 bridgehead atoms. The highest BCUT2D eigenvalue weighted by atomic mass is 16.6. The van der Waals surface area contributed by atoms with Crippen LogP contribution in [0.25, 0.3) is 0 Å². The largest absolute Gasteiger partial charge is 0.382 e. The normalized spacial score (nSPS) is 14.8. The van der Waals surface area contributed by atoms with Gasteiger partial charge in [0.1, 0.15) is 5.69 Å². The van der Waals surface area contributed by atoms with Gasteiger partial charge in [-0.3, -0.25) is 24.6 Å². The fraction of sp³-hybridized carbons (Fsp3) is 0.500. The SMILES string of the molecule is CCOCCCNc1ccc(N2C(=O)CCCC2=O)cc1[N+](=O)[O-]. The van der Waals surface area contributed by atoms with Gasteiger partial charge in [-0.05, 0) is 31.9 Å². The molecule has 8 nitrogen and oxygen atoms in total. The summed E-state index contributed by atoms with van der Waals surface area (Å²) in [6.07, 6.45) is 1.79. The van der Waals surface area contributed by atoms with Crippen LogP contribution in [0, 0.1) is 10.1 Å². The summed E-state index contributed by atoms with van der Waals surface area (Å²) in [6, 6.07) is 4.36. The monoisotopic (exact) mass is 335 g/mol. The number of hydrogen-bond acceptors (Lipinski definition) is 6. The lowest BCUT2D eigenvalue weighted by Gasteiger charge is -2.25. The highest BCUT2D eigenvalue weighted by Crippen LogP contribution is 2.31. The Kier molecular flexibility index (Phi) is 6.25. The molecule has 0 aromatic heterocycles. The summed E-state index contributed by atoms with van der Waals surface area (Å²) in [5.74, 6) is -0.643. The van der Waals surface area contributed by atoms with Crippen molar-refractivity contribution in [2.45, 2.75) is 32.6 Å². The van der Waals surface area contributed by atoms with Gasteiger partial charge in [-0.15, -0.1) is 0 Å². The van der Waals surface area contributed by atoms with E-state index in [1.807, 2.05) is 6.92 Å². The fourth-order valence-electron chi connectivity index (χ4n) is 2.54. The number of hydrogen-bond donors (Lipinski definition) is 1. The van der Waals surface area contributed by atoms with E-state index in [1.54, 1.807) is 6.07 Å². The highest BCUT2D eigenvalue weighted by Gasteiger charge is 2.29. The van der Waals surface area contributed by atoms with Gasteiger partial charge in [-0.25, -0.2) is 0 Å². The Morgan fingerprint density at radius 3 is 2.62 bits per heavy atom. The van der Waals surface area contributed by atoms with Gasteiger partial charge in [0.15, 0.2) is 0 Å². The first-order chi connectivity index (χ1) is 11.5. The van der Waals surface area contributed by atoms with Crippen LogP contribution in [-0.4, -0.2) is 36.5 Å². The van der Waals surface area contributed by atoms with Crippen molar-refractivity contribution in [2.24, 2.45) is 0 Å². The lowest BCUT2D eigenvalue weighted by atomic mass is 10.1. The second kappa shape index (κ2) is 8.39. The molecule has 1 aromatic rings. The van der Waals surface area contributed by atoms with Gasteiger partial charge in [0, 0.05) is 38.7 Å². The van der Waals surface area contributed by atoms with Gasteiger partial charge >= 0.3 is 0 Å². The van der Waals surface area contributed by atoms with E-state index >= 15 is 0 Å². The van der Waals surface area contributed by atoms with E-state index < -0.39 is 4.92 Å². The average Bonchev–Trinajstić information content (AvgIpc) is 2.55. The van der Waals surface area contributed by atoms with Crippen molar-refractivity contribution in [2.75, 3.05) is 30.0 Å². The Bertz CT molecular complexity index is 616. The second-order valence-corrected chi connectivity index (χ2v) is 5.41. The Hall–Kier alpha value is -2.48. The smallest absolute Gasteiger partial charge is 0.294 e. The maximum absolute atomic E-state index is 11.9. The molecule has 2 rings (SSSR count). The summed E-state index contributed by atoms with van der Waals surface area (Å²) in [5, 5.41) is 14.3. The molecule has 1 heterocycles. The lowest BCUT2D eigenvalue weighted by Crippen LogP contribution is -2.40. The van der Waals surface area contributed by atoms with E-state index in [4.69, 9.17) is 4.74 Å². The maximum atomic E-state index is 11.9. The molecule has 0 radical (unpaired) electrons. The number of carbonyl (C=O) groups is 2. The molecule has 0 atom stereocenters. The number of ether oxygens (including phenoxy) is 1. The number of imide groups is 1. The molecular weight excluding hydrogens is 314 g/mol. The number of nitro benzene ring substituents is 1. The zero-order valence-corrected chi connectivity index (χ0v) is 13.6. The van der Waals surface area contributed by atoms with Crippen LogP contribution in [0.5, 0.6) is 0 Å². The Balaban J connectivity index is 2.15. The maximum Gasteiger partial charge on any atom is 0.294 e. The average molecular weight is 335 g/mol. The third-order valence-corrected chi connectivity index (χ3v) is 3.70. The van der Waals surface area contributed by atoms with E-state index in [0.29, 0.717) is 31.9 Å². The highest BCUT2D eigenvalue weighted by molar-refractivity contribution is 6.16. The van der Waals surface area contributed by atoms with Crippen molar-refractivity contribution < 1.29 is 19.2 Å². The van der Waals surface area contributed by atoms with Crippen LogP contribution in [0.2, 0.25) is 0 Å². The van der Waals surface area contributed by atoms with Gasteiger partial charge in [0.25, 0.3) is 5.69 Å². The fourth-order valence-corrected chi connectivity index (χ4v) is 2.54. The molecule has 1 aliphatic heterocycles. The van der Waals surface area contributed by atoms with Crippen LogP contribution in [-0.2, 0) is 14.3 Å². The number of nitrogens with one attached hydrogen (secondary N) is 1. The summed E-state index contributed by atoms with van der Waals surface area (Å²) < 4.78 is 5.22. The summed E-state index contributed by atoms with van der Waals surface area (Å²) in [4.78, 5) is 35.7. The second-order valence-electron chi connectivity index (χ2n) is 5.41. The first kappa shape index (κ1) is 17.9. The molecule has 0 spiro atoms. The number of rotatable bonds is 8. The first-order valence-corrected chi connectivity index (χ1v) is 8.00. The van der Waals surface area contributed by atoms with Crippen molar-refractivity contribution in [3.05, 3.63) is 28.3 Å². The van der Waals surface area contributed by atoms with Gasteiger partial charge < -0.3 is 10.1 Å². The molecule has 1 aromatic carbocycles. The third-order valence-electron chi connectivity index (χ3n) is 3.70. The molecule has 0 unspecified atom stereocenters. The van der Waals surface area contributed by atoms with Crippen molar-refractivity contribution >= 4 is 28.9 Å².